The smallest absolute Gasteiger partial charge is 0.453 e. The molecule has 142 valence electrons. The molecule has 0 aliphatic heterocycles. The highest BCUT2D eigenvalue weighted by Gasteiger charge is 2.80. The molecule has 24 heavy (non-hydrogen) atoms. The van der Waals surface area contributed by atoms with E-state index in [-0.39, 0.29) is 0 Å². The fourth-order valence-corrected chi connectivity index (χ4v) is 0.881. The van der Waals surface area contributed by atoms with E-state index in [9.17, 15) is 57.9 Å². The van der Waals surface area contributed by atoms with Gasteiger partial charge in [-0.1, -0.05) is 0 Å². The van der Waals surface area contributed by atoms with Crippen molar-refractivity contribution in [3.05, 3.63) is 0 Å². The topological polar surface area (TPSA) is 52.6 Å². The molecule has 0 aromatic rings. The maximum absolute atomic E-state index is 13.4. The zero-order valence-corrected chi connectivity index (χ0v) is 11.0. The SMILES string of the molecule is CC(=O)COC(=O)C(F)(OC(F)(F)C(F)(F)C(F)(F)F)C(F)(F)F. The van der Waals surface area contributed by atoms with E-state index in [0.29, 0.717) is 6.92 Å². The molecular weight excluding hydrogens is 381 g/mol. The van der Waals surface area contributed by atoms with Crippen molar-refractivity contribution in [2.75, 3.05) is 6.61 Å². The van der Waals surface area contributed by atoms with Gasteiger partial charge in [-0.25, -0.2) is 4.79 Å². The Morgan fingerprint density at radius 3 is 1.50 bits per heavy atom. The molecule has 0 heterocycles. The van der Waals surface area contributed by atoms with Crippen molar-refractivity contribution in [3.63, 3.8) is 0 Å². The molecule has 4 nitrogen and oxygen atoms in total. The van der Waals surface area contributed by atoms with Crippen LogP contribution in [0.3, 0.4) is 0 Å². The Bertz CT molecular complexity index is 495. The first-order valence-corrected chi connectivity index (χ1v) is 5.24. The molecule has 0 radical (unpaired) electrons. The monoisotopic (exact) mass is 386 g/mol. The minimum atomic E-state index is -7.29. The lowest BCUT2D eigenvalue weighted by atomic mass is 10.2. The predicted octanol–water partition coefficient (Wildman–Crippen LogP) is 3.15. The molecule has 0 saturated heterocycles. The normalized spacial score (nSPS) is 16.5. The zero-order chi connectivity index (χ0) is 19.8. The molecule has 1 atom stereocenters. The number of ether oxygens (including phenoxy) is 2. The van der Waals surface area contributed by atoms with Gasteiger partial charge < -0.3 is 4.74 Å². The Kier molecular flexibility index (Phi) is 5.89. The average Bonchev–Trinajstić information content (AvgIpc) is 2.31. The first-order chi connectivity index (χ1) is 10.3. The van der Waals surface area contributed by atoms with Crippen molar-refractivity contribution < 1.29 is 67.4 Å². The molecule has 0 N–H and O–H groups in total. The summed E-state index contributed by atoms with van der Waals surface area (Å²) in [6.45, 7) is -1.04. The van der Waals surface area contributed by atoms with E-state index < -0.39 is 48.6 Å². The molecule has 15 heteroatoms. The highest BCUT2D eigenvalue weighted by molar-refractivity contribution is 5.83. The van der Waals surface area contributed by atoms with Crippen LogP contribution in [0.15, 0.2) is 0 Å². The molecule has 1 unspecified atom stereocenters. The summed E-state index contributed by atoms with van der Waals surface area (Å²) in [6, 6.07) is 0. The molecular formula is C9H5F11O4. The van der Waals surface area contributed by atoms with Gasteiger partial charge in [0.25, 0.3) is 0 Å². The summed E-state index contributed by atoms with van der Waals surface area (Å²) in [5, 5.41) is 0. The Morgan fingerprint density at radius 2 is 1.21 bits per heavy atom. The van der Waals surface area contributed by atoms with E-state index in [2.05, 4.69) is 4.74 Å². The van der Waals surface area contributed by atoms with Crippen LogP contribution in [0, 0.1) is 0 Å². The molecule has 0 aliphatic carbocycles. The predicted molar refractivity (Wildman–Crippen MR) is 48.6 cm³/mol. The van der Waals surface area contributed by atoms with Crippen LogP contribution in [0.4, 0.5) is 48.3 Å². The van der Waals surface area contributed by atoms with Gasteiger partial charge in [-0.3, -0.25) is 9.53 Å². The van der Waals surface area contributed by atoms with E-state index in [1.165, 1.54) is 0 Å². The lowest BCUT2D eigenvalue weighted by Gasteiger charge is -2.33. The van der Waals surface area contributed by atoms with Crippen molar-refractivity contribution in [1.29, 1.82) is 0 Å². The fraction of sp³-hybridized carbons (Fsp3) is 0.778. The summed E-state index contributed by atoms with van der Waals surface area (Å²) in [6.07, 6.45) is -21.1. The van der Waals surface area contributed by atoms with E-state index in [1.807, 2.05) is 4.74 Å². The number of alkyl halides is 11. The number of hydrogen-bond donors (Lipinski definition) is 0. The van der Waals surface area contributed by atoms with Crippen molar-refractivity contribution in [1.82, 2.24) is 0 Å². The number of esters is 1. The zero-order valence-electron chi connectivity index (χ0n) is 11.0. The van der Waals surface area contributed by atoms with Gasteiger partial charge >= 0.3 is 36.2 Å². The molecule has 0 aromatic carbocycles. The highest BCUT2D eigenvalue weighted by Crippen LogP contribution is 2.51. The van der Waals surface area contributed by atoms with Crippen LogP contribution in [0.1, 0.15) is 6.92 Å². The second-order valence-electron chi connectivity index (χ2n) is 4.06. The third-order valence-corrected chi connectivity index (χ3v) is 2.02. The van der Waals surface area contributed by atoms with Gasteiger partial charge in [-0.15, -0.1) is 0 Å². The Morgan fingerprint density at radius 1 is 0.792 bits per heavy atom. The van der Waals surface area contributed by atoms with E-state index in [0.717, 1.165) is 0 Å². The summed E-state index contributed by atoms with van der Waals surface area (Å²) in [5.74, 6) is -18.4. The van der Waals surface area contributed by atoms with Gasteiger partial charge in [-0.2, -0.15) is 48.3 Å². The first kappa shape index (κ1) is 22.3. The summed E-state index contributed by atoms with van der Waals surface area (Å²) < 4.78 is 141. The molecule has 0 amide bonds. The number of hydrogen-bond acceptors (Lipinski definition) is 4. The number of carbonyl (C=O) groups is 2. The number of carbonyl (C=O) groups excluding carboxylic acids is 2. The Labute approximate surface area is 124 Å². The van der Waals surface area contributed by atoms with E-state index in [4.69, 9.17) is 0 Å². The molecule has 0 fully saturated rings. The second-order valence-corrected chi connectivity index (χ2v) is 4.06. The molecule has 0 rings (SSSR count). The maximum atomic E-state index is 13.4. The number of rotatable bonds is 6. The van der Waals surface area contributed by atoms with Gasteiger partial charge in [0.1, 0.15) is 6.61 Å². The van der Waals surface area contributed by atoms with Gasteiger partial charge in [0, 0.05) is 0 Å². The van der Waals surface area contributed by atoms with Crippen molar-refractivity contribution >= 4 is 11.8 Å². The standard InChI is InChI=1S/C9H5F11O4/c1-3(21)2-23-4(22)5(10,7(13,14)15)24-9(19,20)6(11,12)8(16,17)18/h2H2,1H3. The second kappa shape index (κ2) is 6.33. The number of halogens is 11. The van der Waals surface area contributed by atoms with Crippen molar-refractivity contribution in [2.45, 2.75) is 37.2 Å². The summed E-state index contributed by atoms with van der Waals surface area (Å²) in [4.78, 5) is 21.2. The van der Waals surface area contributed by atoms with Crippen molar-refractivity contribution in [2.24, 2.45) is 0 Å². The Hall–Kier alpha value is -1.67. The van der Waals surface area contributed by atoms with Crippen LogP contribution in [0.2, 0.25) is 0 Å². The van der Waals surface area contributed by atoms with Gasteiger partial charge in [-0.05, 0) is 6.92 Å². The number of ketones is 1. The minimum absolute atomic E-state index is 0.577. The largest absolute Gasteiger partial charge is 0.462 e. The van der Waals surface area contributed by atoms with Crippen LogP contribution in [-0.4, -0.2) is 48.6 Å². The van der Waals surface area contributed by atoms with Crippen LogP contribution in [0.5, 0.6) is 0 Å². The molecule has 0 spiro atoms. The minimum Gasteiger partial charge on any atom is -0.453 e. The summed E-state index contributed by atoms with van der Waals surface area (Å²) in [7, 11) is 0. The molecule has 0 bridgehead atoms. The third kappa shape index (κ3) is 4.24. The molecule has 0 aromatic heterocycles. The van der Waals surface area contributed by atoms with E-state index >= 15 is 0 Å². The highest BCUT2D eigenvalue weighted by atomic mass is 19.4. The summed E-state index contributed by atoms with van der Waals surface area (Å²) >= 11 is 0. The Balaban J connectivity index is 5.82. The van der Waals surface area contributed by atoms with Gasteiger partial charge in [0.2, 0.25) is 0 Å². The molecule has 0 saturated carbocycles. The van der Waals surface area contributed by atoms with Crippen LogP contribution >= 0.6 is 0 Å². The number of Topliss-reactive ketones (excluding diaryl/α,β-unsaturated/α-hetero) is 1. The van der Waals surface area contributed by atoms with Gasteiger partial charge in [0.05, 0.1) is 0 Å². The quantitative estimate of drug-likeness (QED) is 0.520. The van der Waals surface area contributed by atoms with Crippen LogP contribution in [0.25, 0.3) is 0 Å². The first-order valence-electron chi connectivity index (χ1n) is 5.24. The van der Waals surface area contributed by atoms with E-state index in [1.54, 1.807) is 0 Å². The third-order valence-electron chi connectivity index (χ3n) is 2.02. The lowest BCUT2D eigenvalue weighted by molar-refractivity contribution is -0.474. The molecule has 0 aliphatic rings. The van der Waals surface area contributed by atoms with Crippen LogP contribution in [-0.2, 0) is 19.1 Å². The summed E-state index contributed by atoms with van der Waals surface area (Å²) in [5.41, 5.74) is 0. The van der Waals surface area contributed by atoms with Crippen molar-refractivity contribution in [3.8, 4) is 0 Å². The maximum Gasteiger partial charge on any atom is 0.462 e. The lowest BCUT2D eigenvalue weighted by Crippen LogP contribution is -2.62. The van der Waals surface area contributed by atoms with Crippen LogP contribution < -0.4 is 0 Å². The average molecular weight is 386 g/mol. The fourth-order valence-electron chi connectivity index (χ4n) is 0.881. The van der Waals surface area contributed by atoms with Gasteiger partial charge in [0.15, 0.2) is 5.78 Å².